The van der Waals surface area contributed by atoms with Crippen molar-refractivity contribution >= 4 is 23.5 Å². The molecule has 0 bridgehead atoms. The SMILES string of the molecule is CCc1ccccc1NC(=O)CCC(=O)OCC(=O)N[C@H](C)c1ccccc1. The van der Waals surface area contributed by atoms with Gasteiger partial charge in [-0.15, -0.1) is 0 Å². The summed E-state index contributed by atoms with van der Waals surface area (Å²) in [4.78, 5) is 35.7. The average molecular weight is 382 g/mol. The first-order chi connectivity index (χ1) is 13.5. The highest BCUT2D eigenvalue weighted by Gasteiger charge is 2.13. The lowest BCUT2D eigenvalue weighted by atomic mass is 10.1. The normalized spacial score (nSPS) is 11.4. The van der Waals surface area contributed by atoms with Gasteiger partial charge in [-0.05, 0) is 30.5 Å². The van der Waals surface area contributed by atoms with Crippen LogP contribution in [-0.4, -0.2) is 24.4 Å². The van der Waals surface area contributed by atoms with Crippen molar-refractivity contribution in [2.45, 2.75) is 39.2 Å². The fourth-order valence-electron chi connectivity index (χ4n) is 2.71. The molecule has 0 fully saturated rings. The van der Waals surface area contributed by atoms with E-state index in [1.165, 1.54) is 0 Å². The van der Waals surface area contributed by atoms with Gasteiger partial charge in [-0.1, -0.05) is 55.5 Å². The zero-order valence-electron chi connectivity index (χ0n) is 16.2. The number of amides is 2. The molecule has 2 rings (SSSR count). The van der Waals surface area contributed by atoms with E-state index in [2.05, 4.69) is 10.6 Å². The van der Waals surface area contributed by atoms with Gasteiger partial charge in [0.1, 0.15) is 0 Å². The third kappa shape index (κ3) is 6.87. The zero-order chi connectivity index (χ0) is 20.4. The molecule has 2 aromatic carbocycles. The molecule has 1 atom stereocenters. The third-order valence-electron chi connectivity index (χ3n) is 4.27. The number of hydrogen-bond donors (Lipinski definition) is 2. The van der Waals surface area contributed by atoms with Gasteiger partial charge in [0.05, 0.1) is 12.5 Å². The van der Waals surface area contributed by atoms with Gasteiger partial charge in [-0.2, -0.15) is 0 Å². The van der Waals surface area contributed by atoms with Crippen LogP contribution in [0.15, 0.2) is 54.6 Å². The largest absolute Gasteiger partial charge is 0.456 e. The van der Waals surface area contributed by atoms with Crippen molar-refractivity contribution in [2.75, 3.05) is 11.9 Å². The molecule has 2 aromatic rings. The lowest BCUT2D eigenvalue weighted by molar-refractivity contribution is -0.149. The Kier molecular flexibility index (Phi) is 8.21. The maximum absolute atomic E-state index is 12.0. The first kappa shape index (κ1) is 21.2. The van der Waals surface area contributed by atoms with Crippen LogP contribution in [0.1, 0.15) is 43.9 Å². The second kappa shape index (κ2) is 10.9. The van der Waals surface area contributed by atoms with Crippen LogP contribution >= 0.6 is 0 Å². The minimum Gasteiger partial charge on any atom is -0.456 e. The predicted octanol–water partition coefficient (Wildman–Crippen LogP) is 3.39. The molecule has 0 aliphatic rings. The van der Waals surface area contributed by atoms with Gasteiger partial charge in [-0.3, -0.25) is 14.4 Å². The maximum Gasteiger partial charge on any atom is 0.306 e. The Bertz CT molecular complexity index is 805. The van der Waals surface area contributed by atoms with Crippen LogP contribution in [0, 0.1) is 0 Å². The predicted molar refractivity (Wildman–Crippen MR) is 108 cm³/mol. The van der Waals surface area contributed by atoms with Gasteiger partial charge >= 0.3 is 5.97 Å². The number of esters is 1. The summed E-state index contributed by atoms with van der Waals surface area (Å²) < 4.78 is 4.96. The Balaban J connectivity index is 1.69. The van der Waals surface area contributed by atoms with Crippen molar-refractivity contribution in [2.24, 2.45) is 0 Å². The number of carbonyl (C=O) groups is 3. The summed E-state index contributed by atoms with van der Waals surface area (Å²) >= 11 is 0. The van der Waals surface area contributed by atoms with Gasteiger partial charge in [0.2, 0.25) is 5.91 Å². The van der Waals surface area contributed by atoms with Crippen LogP contribution in [0.2, 0.25) is 0 Å². The average Bonchev–Trinajstić information content (AvgIpc) is 2.71. The highest BCUT2D eigenvalue weighted by atomic mass is 16.5. The van der Waals surface area contributed by atoms with E-state index in [0.717, 1.165) is 23.2 Å². The molecule has 0 spiro atoms. The van der Waals surface area contributed by atoms with Crippen LogP contribution in [0.4, 0.5) is 5.69 Å². The van der Waals surface area contributed by atoms with Crippen LogP contribution < -0.4 is 10.6 Å². The number of rotatable bonds is 9. The van der Waals surface area contributed by atoms with Crippen LogP contribution in [0.5, 0.6) is 0 Å². The Morgan fingerprint density at radius 3 is 2.32 bits per heavy atom. The van der Waals surface area contributed by atoms with Crippen molar-refractivity contribution in [3.63, 3.8) is 0 Å². The quantitative estimate of drug-likeness (QED) is 0.651. The molecule has 0 unspecified atom stereocenters. The molecule has 0 saturated heterocycles. The van der Waals surface area contributed by atoms with Crippen molar-refractivity contribution in [3.8, 4) is 0 Å². The summed E-state index contributed by atoms with van der Waals surface area (Å²) in [7, 11) is 0. The lowest BCUT2D eigenvalue weighted by Crippen LogP contribution is -2.31. The van der Waals surface area contributed by atoms with Gasteiger partial charge in [0.25, 0.3) is 5.91 Å². The molecule has 2 amide bonds. The van der Waals surface area contributed by atoms with E-state index in [1.807, 2.05) is 68.4 Å². The molecule has 0 aromatic heterocycles. The zero-order valence-corrected chi connectivity index (χ0v) is 16.2. The molecule has 0 radical (unpaired) electrons. The van der Waals surface area contributed by atoms with Gasteiger partial charge < -0.3 is 15.4 Å². The first-order valence-electron chi connectivity index (χ1n) is 9.37. The first-order valence-corrected chi connectivity index (χ1v) is 9.37. The monoisotopic (exact) mass is 382 g/mol. The van der Waals surface area contributed by atoms with Gasteiger partial charge in [0, 0.05) is 12.1 Å². The number of carbonyl (C=O) groups excluding carboxylic acids is 3. The Labute approximate surface area is 165 Å². The van der Waals surface area contributed by atoms with Crippen molar-refractivity contribution in [1.29, 1.82) is 0 Å². The molecule has 0 saturated carbocycles. The van der Waals surface area contributed by atoms with E-state index in [-0.39, 0.29) is 37.3 Å². The smallest absolute Gasteiger partial charge is 0.306 e. The highest BCUT2D eigenvalue weighted by Crippen LogP contribution is 2.16. The number of anilines is 1. The minimum absolute atomic E-state index is 0.00107. The Hall–Kier alpha value is -3.15. The topological polar surface area (TPSA) is 84.5 Å². The summed E-state index contributed by atoms with van der Waals surface area (Å²) in [5, 5.41) is 5.57. The minimum atomic E-state index is -0.582. The van der Waals surface area contributed by atoms with E-state index in [9.17, 15) is 14.4 Å². The number of hydrogen-bond acceptors (Lipinski definition) is 4. The Morgan fingerprint density at radius 1 is 0.929 bits per heavy atom. The lowest BCUT2D eigenvalue weighted by Gasteiger charge is -2.14. The van der Waals surface area contributed by atoms with E-state index in [0.29, 0.717) is 0 Å². The second-order valence-electron chi connectivity index (χ2n) is 6.42. The molecule has 6 nitrogen and oxygen atoms in total. The van der Waals surface area contributed by atoms with Crippen LogP contribution in [0.3, 0.4) is 0 Å². The van der Waals surface area contributed by atoms with E-state index < -0.39 is 5.97 Å². The maximum atomic E-state index is 12.0. The van der Waals surface area contributed by atoms with E-state index >= 15 is 0 Å². The van der Waals surface area contributed by atoms with Crippen LogP contribution in [0.25, 0.3) is 0 Å². The molecule has 0 aliphatic heterocycles. The number of aryl methyl sites for hydroxylation is 1. The second-order valence-corrected chi connectivity index (χ2v) is 6.42. The molecular formula is C22H26N2O4. The summed E-state index contributed by atoms with van der Waals surface area (Å²) in [6, 6.07) is 16.8. The van der Waals surface area contributed by atoms with Crippen molar-refractivity contribution in [1.82, 2.24) is 5.32 Å². The molecule has 2 N–H and O–H groups in total. The molecule has 0 aliphatic carbocycles. The highest BCUT2D eigenvalue weighted by molar-refractivity contribution is 5.93. The third-order valence-corrected chi connectivity index (χ3v) is 4.27. The molecule has 6 heteroatoms. The Morgan fingerprint density at radius 2 is 1.61 bits per heavy atom. The van der Waals surface area contributed by atoms with E-state index in [4.69, 9.17) is 4.74 Å². The summed E-state index contributed by atoms with van der Waals surface area (Å²) in [5.74, 6) is -1.23. The summed E-state index contributed by atoms with van der Waals surface area (Å²) in [6.45, 7) is 3.50. The number of benzene rings is 2. The fraction of sp³-hybridized carbons (Fsp3) is 0.318. The standard InChI is InChI=1S/C22H26N2O4/c1-3-17-9-7-8-12-19(17)24-20(25)13-14-22(27)28-15-21(26)23-16(2)18-10-5-4-6-11-18/h4-12,16H,3,13-15H2,1-2H3,(H,23,26)(H,24,25)/t16-/m1/s1. The van der Waals surface area contributed by atoms with Crippen LogP contribution in [-0.2, 0) is 25.5 Å². The van der Waals surface area contributed by atoms with Crippen molar-refractivity contribution in [3.05, 3.63) is 65.7 Å². The summed E-state index contributed by atoms with van der Waals surface area (Å²) in [6.07, 6.45) is 0.718. The molecule has 28 heavy (non-hydrogen) atoms. The van der Waals surface area contributed by atoms with Gasteiger partial charge in [-0.25, -0.2) is 0 Å². The van der Waals surface area contributed by atoms with Gasteiger partial charge in [0.15, 0.2) is 6.61 Å². The van der Waals surface area contributed by atoms with Crippen molar-refractivity contribution < 1.29 is 19.1 Å². The molecule has 148 valence electrons. The summed E-state index contributed by atoms with van der Waals surface area (Å²) in [5.41, 5.74) is 2.74. The number of ether oxygens (including phenoxy) is 1. The fourth-order valence-corrected chi connectivity index (χ4v) is 2.71. The number of para-hydroxylation sites is 1. The molecule has 0 heterocycles. The van der Waals surface area contributed by atoms with E-state index in [1.54, 1.807) is 0 Å². The molecular weight excluding hydrogens is 356 g/mol. The number of nitrogens with one attached hydrogen (secondary N) is 2.